The quantitative estimate of drug-likeness (QED) is 0.777. The van der Waals surface area contributed by atoms with Gasteiger partial charge in [-0.1, -0.05) is 11.6 Å². The summed E-state index contributed by atoms with van der Waals surface area (Å²) in [6.07, 6.45) is -3.15. The van der Waals surface area contributed by atoms with Gasteiger partial charge in [0.2, 0.25) is 0 Å². The minimum Gasteiger partial charge on any atom is -0.386 e. The molecule has 0 saturated carbocycles. The van der Waals surface area contributed by atoms with Gasteiger partial charge < -0.3 is 15.3 Å². The van der Waals surface area contributed by atoms with Crippen LogP contribution < -0.4 is 5.32 Å². The summed E-state index contributed by atoms with van der Waals surface area (Å²) in [4.78, 5) is 13.7. The Balaban J connectivity index is 1.44. The van der Waals surface area contributed by atoms with Crippen molar-refractivity contribution in [2.75, 3.05) is 19.6 Å². The summed E-state index contributed by atoms with van der Waals surface area (Å²) in [6, 6.07) is 3.10. The zero-order chi connectivity index (χ0) is 21.0. The van der Waals surface area contributed by atoms with Gasteiger partial charge in [-0.3, -0.25) is 4.68 Å². The molecule has 1 aromatic carbocycles. The third-order valence-electron chi connectivity index (χ3n) is 6.26. The van der Waals surface area contributed by atoms with Gasteiger partial charge >= 0.3 is 12.2 Å². The fourth-order valence-corrected chi connectivity index (χ4v) is 4.89. The first-order chi connectivity index (χ1) is 13.6. The maximum atomic E-state index is 12.3. The second-order valence-corrected chi connectivity index (χ2v) is 8.41. The second kappa shape index (κ2) is 7.05. The number of urea groups is 1. The van der Waals surface area contributed by atoms with E-state index in [4.69, 9.17) is 11.6 Å². The molecular weight excluding hydrogens is 409 g/mol. The van der Waals surface area contributed by atoms with Crippen LogP contribution in [0, 0.1) is 5.92 Å². The molecule has 2 amide bonds. The molecule has 4 rings (SSSR count). The van der Waals surface area contributed by atoms with E-state index in [1.165, 1.54) is 4.90 Å². The number of hydrogen-bond acceptors (Lipinski definition) is 3. The molecule has 0 bridgehead atoms. The average molecular weight is 431 g/mol. The molecule has 2 aromatic rings. The number of likely N-dealkylation sites (tertiary alicyclic amines) is 1. The van der Waals surface area contributed by atoms with Crippen LogP contribution in [0.4, 0.5) is 18.0 Å². The van der Waals surface area contributed by atoms with Crippen LogP contribution >= 0.6 is 11.6 Å². The lowest BCUT2D eigenvalue weighted by Gasteiger charge is -2.42. The molecule has 0 spiro atoms. The molecule has 0 aliphatic carbocycles. The SMILES string of the molecule is CC1(C2CCN(C(=O)NCCC(F)(F)F)CC2)[C@H](O)c2cc(Cl)cc3cnn1c23. The summed E-state index contributed by atoms with van der Waals surface area (Å²) in [7, 11) is 0. The Hall–Kier alpha value is -2.00. The lowest BCUT2D eigenvalue weighted by Crippen LogP contribution is -2.50. The summed E-state index contributed by atoms with van der Waals surface area (Å²) >= 11 is 6.18. The Morgan fingerprint density at radius 2 is 2.07 bits per heavy atom. The minimum absolute atomic E-state index is 0.0472. The molecule has 29 heavy (non-hydrogen) atoms. The van der Waals surface area contributed by atoms with Crippen molar-refractivity contribution >= 4 is 28.5 Å². The van der Waals surface area contributed by atoms with Gasteiger partial charge in [0, 0.05) is 35.6 Å². The number of piperidine rings is 1. The highest BCUT2D eigenvalue weighted by Crippen LogP contribution is 2.51. The lowest BCUT2D eigenvalue weighted by molar-refractivity contribution is -0.133. The highest BCUT2D eigenvalue weighted by molar-refractivity contribution is 6.31. The van der Waals surface area contributed by atoms with E-state index >= 15 is 0 Å². The van der Waals surface area contributed by atoms with Gasteiger partial charge in [0.05, 0.1) is 23.7 Å². The van der Waals surface area contributed by atoms with E-state index in [0.717, 1.165) is 16.5 Å². The number of nitrogens with zero attached hydrogens (tertiary/aromatic N) is 3. The minimum atomic E-state index is -4.29. The number of hydrogen-bond donors (Lipinski definition) is 2. The molecule has 2 N–H and O–H groups in total. The summed E-state index contributed by atoms with van der Waals surface area (Å²) < 4.78 is 38.6. The Labute approximate surface area is 170 Å². The topological polar surface area (TPSA) is 70.4 Å². The number of aliphatic hydroxyl groups is 1. The van der Waals surface area contributed by atoms with Crippen molar-refractivity contribution < 1.29 is 23.1 Å². The average Bonchev–Trinajstić information content (AvgIpc) is 3.17. The molecule has 0 radical (unpaired) electrons. The molecule has 1 aromatic heterocycles. The van der Waals surface area contributed by atoms with E-state index in [1.807, 2.05) is 17.7 Å². The zero-order valence-electron chi connectivity index (χ0n) is 15.8. The van der Waals surface area contributed by atoms with Crippen molar-refractivity contribution in [1.29, 1.82) is 0 Å². The number of alkyl halides is 3. The fourth-order valence-electron chi connectivity index (χ4n) is 4.65. The number of rotatable bonds is 3. The van der Waals surface area contributed by atoms with Crippen molar-refractivity contribution in [2.24, 2.45) is 5.92 Å². The van der Waals surface area contributed by atoms with E-state index in [0.29, 0.717) is 31.0 Å². The first kappa shape index (κ1) is 20.3. The van der Waals surface area contributed by atoms with E-state index in [1.54, 1.807) is 12.3 Å². The Bertz CT molecular complexity index is 939. The van der Waals surface area contributed by atoms with Gasteiger partial charge in [-0.15, -0.1) is 0 Å². The molecular formula is C19H22ClF3N4O2. The van der Waals surface area contributed by atoms with Crippen LogP contribution in [0.25, 0.3) is 10.9 Å². The molecule has 1 saturated heterocycles. The van der Waals surface area contributed by atoms with Crippen LogP contribution in [0.1, 0.15) is 37.9 Å². The Morgan fingerprint density at radius 3 is 2.72 bits per heavy atom. The van der Waals surface area contributed by atoms with Crippen LogP contribution in [0.15, 0.2) is 18.3 Å². The van der Waals surface area contributed by atoms with Crippen molar-refractivity contribution in [3.63, 3.8) is 0 Å². The number of carbonyl (C=O) groups is 1. The maximum Gasteiger partial charge on any atom is 0.390 e. The normalized spacial score (nSPS) is 25.0. The zero-order valence-corrected chi connectivity index (χ0v) is 16.6. The summed E-state index contributed by atoms with van der Waals surface area (Å²) in [5, 5.41) is 19.3. The summed E-state index contributed by atoms with van der Waals surface area (Å²) in [5.41, 5.74) is 0.949. The number of aliphatic hydroxyl groups excluding tert-OH is 1. The Morgan fingerprint density at radius 1 is 1.38 bits per heavy atom. The van der Waals surface area contributed by atoms with Gasteiger partial charge in [0.1, 0.15) is 6.10 Å². The van der Waals surface area contributed by atoms with Gasteiger partial charge in [-0.25, -0.2) is 4.79 Å². The number of amides is 2. The van der Waals surface area contributed by atoms with Gasteiger partial charge in [-0.05, 0) is 37.8 Å². The van der Waals surface area contributed by atoms with Crippen LogP contribution in [0.3, 0.4) is 0 Å². The molecule has 1 fully saturated rings. The third kappa shape index (κ3) is 3.44. The lowest BCUT2D eigenvalue weighted by atomic mass is 9.75. The van der Waals surface area contributed by atoms with Crippen molar-refractivity contribution in [3.05, 3.63) is 28.9 Å². The highest BCUT2D eigenvalue weighted by Gasteiger charge is 2.50. The summed E-state index contributed by atoms with van der Waals surface area (Å²) in [6.45, 7) is 2.35. The number of aromatic nitrogens is 2. The maximum absolute atomic E-state index is 12.3. The third-order valence-corrected chi connectivity index (χ3v) is 6.47. The van der Waals surface area contributed by atoms with Gasteiger partial charge in [0.25, 0.3) is 0 Å². The van der Waals surface area contributed by atoms with E-state index in [2.05, 4.69) is 10.4 Å². The molecule has 1 unspecified atom stereocenters. The molecule has 2 aliphatic rings. The van der Waals surface area contributed by atoms with E-state index in [9.17, 15) is 23.1 Å². The number of carbonyl (C=O) groups excluding carboxylic acids is 1. The predicted molar refractivity (Wildman–Crippen MR) is 102 cm³/mol. The molecule has 158 valence electrons. The van der Waals surface area contributed by atoms with E-state index < -0.39 is 36.8 Å². The van der Waals surface area contributed by atoms with Crippen molar-refractivity contribution in [3.8, 4) is 0 Å². The number of nitrogens with one attached hydrogen (secondary N) is 1. The Kier molecular flexibility index (Phi) is 4.93. The smallest absolute Gasteiger partial charge is 0.386 e. The predicted octanol–water partition coefficient (Wildman–Crippen LogP) is 3.83. The van der Waals surface area contributed by atoms with Crippen molar-refractivity contribution in [2.45, 2.75) is 44.0 Å². The van der Waals surface area contributed by atoms with Gasteiger partial charge in [0.15, 0.2) is 0 Å². The molecule has 2 atom stereocenters. The molecule has 3 heterocycles. The fraction of sp³-hybridized carbons (Fsp3) is 0.579. The van der Waals surface area contributed by atoms with Crippen molar-refractivity contribution in [1.82, 2.24) is 20.0 Å². The summed E-state index contributed by atoms with van der Waals surface area (Å²) in [5.74, 6) is 0.0472. The van der Waals surface area contributed by atoms with Crippen LogP contribution in [-0.4, -0.2) is 51.6 Å². The van der Waals surface area contributed by atoms with Crippen LogP contribution in [0.2, 0.25) is 5.02 Å². The van der Waals surface area contributed by atoms with Crippen LogP contribution in [-0.2, 0) is 5.54 Å². The first-order valence-corrected chi connectivity index (χ1v) is 9.94. The molecule has 2 aliphatic heterocycles. The second-order valence-electron chi connectivity index (χ2n) is 7.98. The highest BCUT2D eigenvalue weighted by atomic mass is 35.5. The van der Waals surface area contributed by atoms with E-state index in [-0.39, 0.29) is 5.92 Å². The number of halogens is 4. The largest absolute Gasteiger partial charge is 0.390 e. The standard InChI is InChI=1S/C19H22ClF3N4O2/c1-18(16(28)14-9-13(20)8-11-10-25-27(18)15(11)14)12-2-6-26(7-3-12)17(29)24-5-4-19(21,22)23/h8-10,12,16,28H,2-7H2,1H3,(H,24,29)/t16-,18?/m1/s1. The van der Waals surface area contributed by atoms with Gasteiger partial charge in [-0.2, -0.15) is 18.3 Å². The molecule has 6 nitrogen and oxygen atoms in total. The molecule has 10 heteroatoms. The monoisotopic (exact) mass is 430 g/mol. The van der Waals surface area contributed by atoms with Crippen LogP contribution in [0.5, 0.6) is 0 Å². The first-order valence-electron chi connectivity index (χ1n) is 9.56. The number of benzene rings is 1.